The van der Waals surface area contributed by atoms with Gasteiger partial charge in [0.15, 0.2) is 0 Å². The summed E-state index contributed by atoms with van der Waals surface area (Å²) in [5.41, 5.74) is 7.21. The van der Waals surface area contributed by atoms with E-state index < -0.39 is 0 Å². The predicted octanol–water partition coefficient (Wildman–Crippen LogP) is 3.97. The van der Waals surface area contributed by atoms with Gasteiger partial charge < -0.3 is 5.32 Å². The molecule has 2 nitrogen and oxygen atoms in total. The second kappa shape index (κ2) is 5.72. The first-order valence-electron chi connectivity index (χ1n) is 7.59. The average Bonchev–Trinajstić information content (AvgIpc) is 2.89. The van der Waals surface area contributed by atoms with Gasteiger partial charge >= 0.3 is 0 Å². The van der Waals surface area contributed by atoms with Gasteiger partial charge in [-0.05, 0) is 61.4 Å². The van der Waals surface area contributed by atoms with Crippen molar-refractivity contribution in [2.24, 2.45) is 0 Å². The molecule has 0 fully saturated rings. The monoisotopic (exact) mass is 279 g/mol. The highest BCUT2D eigenvalue weighted by Crippen LogP contribution is 2.23. The van der Waals surface area contributed by atoms with E-state index in [1.807, 2.05) is 19.1 Å². The van der Waals surface area contributed by atoms with Crippen LogP contribution in [0.1, 0.15) is 34.2 Å². The first kappa shape index (κ1) is 13.9. The molecule has 2 heteroatoms. The Kier molecular flexibility index (Phi) is 3.78. The lowest BCUT2D eigenvalue weighted by molar-refractivity contribution is -0.115. The molecule has 0 radical (unpaired) electrons. The smallest absolute Gasteiger partial charge is 0.228 e. The van der Waals surface area contributed by atoms with Gasteiger partial charge in [0, 0.05) is 5.69 Å². The molecule has 0 aromatic heterocycles. The number of anilines is 1. The lowest BCUT2D eigenvalue weighted by Gasteiger charge is -2.10. The minimum Gasteiger partial charge on any atom is -0.326 e. The summed E-state index contributed by atoms with van der Waals surface area (Å²) in [4.78, 5) is 12.2. The van der Waals surface area contributed by atoms with E-state index in [2.05, 4.69) is 36.5 Å². The lowest BCUT2D eigenvalue weighted by Crippen LogP contribution is -2.15. The maximum absolute atomic E-state index is 12.2. The summed E-state index contributed by atoms with van der Waals surface area (Å²) < 4.78 is 0. The maximum Gasteiger partial charge on any atom is 0.228 e. The van der Waals surface area contributed by atoms with Gasteiger partial charge in [-0.15, -0.1) is 0 Å². The van der Waals surface area contributed by atoms with Crippen LogP contribution in [0.3, 0.4) is 0 Å². The zero-order valence-electron chi connectivity index (χ0n) is 12.7. The van der Waals surface area contributed by atoms with Crippen molar-refractivity contribution in [1.82, 2.24) is 0 Å². The molecule has 1 amide bonds. The van der Waals surface area contributed by atoms with Crippen molar-refractivity contribution < 1.29 is 4.79 Å². The Hall–Kier alpha value is -2.09. The number of benzene rings is 2. The van der Waals surface area contributed by atoms with E-state index in [1.54, 1.807) is 0 Å². The van der Waals surface area contributed by atoms with Crippen LogP contribution in [0.25, 0.3) is 0 Å². The van der Waals surface area contributed by atoms with E-state index in [1.165, 1.54) is 29.5 Å². The van der Waals surface area contributed by atoms with Crippen molar-refractivity contribution in [3.63, 3.8) is 0 Å². The zero-order valence-corrected chi connectivity index (χ0v) is 12.7. The van der Waals surface area contributed by atoms with Crippen LogP contribution in [0.15, 0.2) is 36.4 Å². The highest BCUT2D eigenvalue weighted by Gasteiger charge is 2.12. The molecule has 0 bridgehead atoms. The number of hydrogen-bond donors (Lipinski definition) is 1. The van der Waals surface area contributed by atoms with Crippen molar-refractivity contribution in [2.45, 2.75) is 39.5 Å². The molecule has 1 aliphatic rings. The molecule has 0 saturated carbocycles. The fourth-order valence-corrected chi connectivity index (χ4v) is 3.07. The van der Waals surface area contributed by atoms with Crippen LogP contribution in [0.4, 0.5) is 5.69 Å². The molecule has 1 aliphatic carbocycles. The number of carbonyl (C=O) groups is 1. The van der Waals surface area contributed by atoms with Gasteiger partial charge in [-0.2, -0.15) is 0 Å². The summed E-state index contributed by atoms with van der Waals surface area (Å²) >= 11 is 0. The quantitative estimate of drug-likeness (QED) is 0.905. The Morgan fingerprint density at radius 1 is 1.05 bits per heavy atom. The third-order valence-electron chi connectivity index (χ3n) is 4.18. The molecule has 3 rings (SSSR count). The molecule has 2 aromatic rings. The van der Waals surface area contributed by atoms with Gasteiger partial charge in [-0.25, -0.2) is 0 Å². The van der Waals surface area contributed by atoms with E-state index in [4.69, 9.17) is 0 Å². The first-order valence-corrected chi connectivity index (χ1v) is 7.59. The Bertz CT molecular complexity index is 688. The van der Waals surface area contributed by atoms with Gasteiger partial charge in [0.2, 0.25) is 5.91 Å². The molecular formula is C19H21NO. The van der Waals surface area contributed by atoms with Crippen LogP contribution in [-0.2, 0) is 24.1 Å². The van der Waals surface area contributed by atoms with E-state index in [9.17, 15) is 4.79 Å². The summed E-state index contributed by atoms with van der Waals surface area (Å²) in [6, 6.07) is 12.6. The van der Waals surface area contributed by atoms with E-state index in [-0.39, 0.29) is 5.91 Å². The average molecular weight is 279 g/mol. The van der Waals surface area contributed by atoms with E-state index >= 15 is 0 Å². The van der Waals surface area contributed by atoms with Crippen LogP contribution >= 0.6 is 0 Å². The summed E-state index contributed by atoms with van der Waals surface area (Å²) in [5.74, 6) is 0.0555. The SMILES string of the molecule is Cc1ccc(NC(=O)Cc2ccc3c(c2)CCC3)c(C)c1. The third-order valence-corrected chi connectivity index (χ3v) is 4.18. The topological polar surface area (TPSA) is 29.1 Å². The fourth-order valence-electron chi connectivity index (χ4n) is 3.07. The van der Waals surface area contributed by atoms with Crippen LogP contribution in [0.5, 0.6) is 0 Å². The number of carbonyl (C=O) groups excluding carboxylic acids is 1. The van der Waals surface area contributed by atoms with Gasteiger partial charge in [0.05, 0.1) is 6.42 Å². The summed E-state index contributed by atoms with van der Waals surface area (Å²) in [6.07, 6.45) is 4.03. The normalized spacial score (nSPS) is 13.0. The first-order chi connectivity index (χ1) is 10.1. The predicted molar refractivity (Wildman–Crippen MR) is 86.7 cm³/mol. The number of nitrogens with one attached hydrogen (secondary N) is 1. The minimum atomic E-state index is 0.0555. The highest BCUT2D eigenvalue weighted by molar-refractivity contribution is 5.93. The number of fused-ring (bicyclic) bond motifs is 1. The Balaban J connectivity index is 1.69. The number of hydrogen-bond acceptors (Lipinski definition) is 1. The molecule has 0 aliphatic heterocycles. The van der Waals surface area contributed by atoms with Gasteiger partial charge in [0.1, 0.15) is 0 Å². The molecule has 1 N–H and O–H groups in total. The molecule has 0 unspecified atom stereocenters. The summed E-state index contributed by atoms with van der Waals surface area (Å²) in [7, 11) is 0. The molecule has 0 heterocycles. The summed E-state index contributed by atoms with van der Waals surface area (Å²) in [6.45, 7) is 4.08. The van der Waals surface area contributed by atoms with Crippen LogP contribution < -0.4 is 5.32 Å². The second-order valence-electron chi connectivity index (χ2n) is 6.00. The van der Waals surface area contributed by atoms with E-state index in [0.29, 0.717) is 6.42 Å². The van der Waals surface area contributed by atoms with Crippen LogP contribution in [0.2, 0.25) is 0 Å². The standard InChI is InChI=1S/C19H21NO/c1-13-6-9-18(14(2)10-13)20-19(21)12-15-7-8-16-4-3-5-17(16)11-15/h6-11H,3-5,12H2,1-2H3,(H,20,21). The van der Waals surface area contributed by atoms with Crippen molar-refractivity contribution in [1.29, 1.82) is 0 Å². The Morgan fingerprint density at radius 3 is 2.67 bits per heavy atom. The second-order valence-corrected chi connectivity index (χ2v) is 6.00. The lowest BCUT2D eigenvalue weighted by atomic mass is 10.0. The van der Waals surface area contributed by atoms with E-state index in [0.717, 1.165) is 23.2 Å². The van der Waals surface area contributed by atoms with Crippen LogP contribution in [0, 0.1) is 13.8 Å². The number of aryl methyl sites for hydroxylation is 4. The molecule has 2 aromatic carbocycles. The van der Waals surface area contributed by atoms with Gasteiger partial charge in [0.25, 0.3) is 0 Å². The highest BCUT2D eigenvalue weighted by atomic mass is 16.1. The Labute approximate surface area is 126 Å². The molecule has 0 saturated heterocycles. The van der Waals surface area contributed by atoms with Crippen molar-refractivity contribution >= 4 is 11.6 Å². The summed E-state index contributed by atoms with van der Waals surface area (Å²) in [5, 5.41) is 3.01. The fraction of sp³-hybridized carbons (Fsp3) is 0.316. The maximum atomic E-state index is 12.2. The minimum absolute atomic E-state index is 0.0555. The molecule has 108 valence electrons. The van der Waals surface area contributed by atoms with Gasteiger partial charge in [-0.1, -0.05) is 35.9 Å². The van der Waals surface area contributed by atoms with Crippen molar-refractivity contribution in [3.8, 4) is 0 Å². The molecule has 0 spiro atoms. The van der Waals surface area contributed by atoms with Gasteiger partial charge in [-0.3, -0.25) is 4.79 Å². The zero-order chi connectivity index (χ0) is 14.8. The largest absolute Gasteiger partial charge is 0.326 e. The Morgan fingerprint density at radius 2 is 1.86 bits per heavy atom. The molecule has 0 atom stereocenters. The molecule has 21 heavy (non-hydrogen) atoms. The van der Waals surface area contributed by atoms with Crippen molar-refractivity contribution in [2.75, 3.05) is 5.32 Å². The number of rotatable bonds is 3. The van der Waals surface area contributed by atoms with Crippen molar-refractivity contribution in [3.05, 3.63) is 64.2 Å². The molecular weight excluding hydrogens is 258 g/mol. The third kappa shape index (κ3) is 3.15. The van der Waals surface area contributed by atoms with Crippen LogP contribution in [-0.4, -0.2) is 5.91 Å². The number of amides is 1.